The van der Waals surface area contributed by atoms with E-state index in [-0.39, 0.29) is 0 Å². The number of rotatable bonds is 5. The van der Waals surface area contributed by atoms with Crippen LogP contribution in [0.1, 0.15) is 0 Å². The molecule has 0 spiro atoms. The van der Waals surface area contributed by atoms with Crippen LogP contribution in [0.4, 0.5) is 0 Å². The molecule has 5 nitrogen and oxygen atoms in total. The first-order valence-electron chi connectivity index (χ1n) is 23.2. The predicted molar refractivity (Wildman–Crippen MR) is 289 cm³/mol. The summed E-state index contributed by atoms with van der Waals surface area (Å²) in [5.74, 6) is 1.74. The molecule has 0 radical (unpaired) electrons. The molecule has 6 heteroatoms. The molecule has 0 amide bonds. The smallest absolute Gasteiger partial charge is 0.166 e. The highest BCUT2D eigenvalue weighted by Crippen LogP contribution is 2.48. The van der Waals surface area contributed by atoms with Crippen LogP contribution in [0.2, 0.25) is 0 Å². The van der Waals surface area contributed by atoms with E-state index >= 15 is 0 Å². The van der Waals surface area contributed by atoms with Gasteiger partial charge >= 0.3 is 0 Å². The first-order chi connectivity index (χ1) is 34.2. The number of nitrogens with zero attached hydrogens (tertiary/aromatic N) is 4. The number of furan rings is 1. The van der Waals surface area contributed by atoms with Gasteiger partial charge in [-0.05, 0) is 98.0 Å². The maximum absolute atomic E-state index is 6.45. The van der Waals surface area contributed by atoms with Gasteiger partial charge in [0.1, 0.15) is 11.2 Å². The van der Waals surface area contributed by atoms with Gasteiger partial charge in [0, 0.05) is 53.7 Å². The summed E-state index contributed by atoms with van der Waals surface area (Å²) in [6, 6.07) is 78.1. The van der Waals surface area contributed by atoms with Crippen LogP contribution in [0, 0.1) is 0 Å². The van der Waals surface area contributed by atoms with E-state index in [0.717, 1.165) is 71.2 Å². The van der Waals surface area contributed by atoms with Crippen LogP contribution in [0.15, 0.2) is 223 Å². The molecule has 15 aromatic rings. The van der Waals surface area contributed by atoms with E-state index in [1.807, 2.05) is 29.5 Å². The Morgan fingerprint density at radius 2 is 0.855 bits per heavy atom. The summed E-state index contributed by atoms with van der Waals surface area (Å²) >= 11 is 1.85. The van der Waals surface area contributed by atoms with E-state index in [0.29, 0.717) is 17.5 Å². The number of para-hydroxylation sites is 1. The minimum atomic E-state index is 0.565. The van der Waals surface area contributed by atoms with E-state index in [2.05, 4.69) is 205 Å². The van der Waals surface area contributed by atoms with E-state index in [4.69, 9.17) is 19.4 Å². The van der Waals surface area contributed by atoms with Gasteiger partial charge in [0.05, 0.1) is 21.4 Å². The largest absolute Gasteiger partial charge is 0.456 e. The first-order valence-corrected chi connectivity index (χ1v) is 24.1. The molecule has 0 aliphatic rings. The van der Waals surface area contributed by atoms with E-state index in [1.54, 1.807) is 0 Å². The van der Waals surface area contributed by atoms with Crippen LogP contribution >= 0.6 is 11.3 Å². The molecule has 15 rings (SSSR count). The van der Waals surface area contributed by atoms with Crippen molar-refractivity contribution in [3.8, 4) is 51.0 Å². The fraction of sp³-hybridized carbons (Fsp3) is 0. The average Bonchev–Trinajstić information content (AvgIpc) is 4.08. The van der Waals surface area contributed by atoms with Gasteiger partial charge in [-0.25, -0.2) is 15.0 Å². The van der Waals surface area contributed by atoms with Crippen molar-refractivity contribution in [3.05, 3.63) is 218 Å². The van der Waals surface area contributed by atoms with Gasteiger partial charge in [-0.2, -0.15) is 0 Å². The minimum absolute atomic E-state index is 0.565. The molecule has 0 bridgehead atoms. The van der Waals surface area contributed by atoms with Crippen molar-refractivity contribution in [2.45, 2.75) is 0 Å². The number of benzene rings is 11. The summed E-state index contributed by atoms with van der Waals surface area (Å²) in [6.45, 7) is 0. The second kappa shape index (κ2) is 14.8. The molecule has 320 valence electrons. The average molecular weight is 897 g/mol. The van der Waals surface area contributed by atoms with Gasteiger partial charge in [-0.1, -0.05) is 164 Å². The van der Waals surface area contributed by atoms with Crippen LogP contribution in [0.25, 0.3) is 147 Å². The Balaban J connectivity index is 1.07. The molecule has 4 aromatic heterocycles. The monoisotopic (exact) mass is 896 g/mol. The molecule has 69 heavy (non-hydrogen) atoms. The molecule has 4 heterocycles. The molecule has 0 N–H and O–H groups in total. The Labute approximate surface area is 398 Å². The Kier molecular flexibility index (Phi) is 8.17. The maximum atomic E-state index is 6.45. The molecule has 11 aromatic carbocycles. The number of thiophene rings is 1. The van der Waals surface area contributed by atoms with E-state index < -0.39 is 0 Å². The fourth-order valence-electron chi connectivity index (χ4n) is 10.7. The highest BCUT2D eigenvalue weighted by Gasteiger charge is 2.25. The van der Waals surface area contributed by atoms with Gasteiger partial charge in [0.25, 0.3) is 0 Å². The van der Waals surface area contributed by atoms with Crippen LogP contribution in [-0.2, 0) is 0 Å². The van der Waals surface area contributed by atoms with Gasteiger partial charge in [0.15, 0.2) is 17.5 Å². The summed E-state index contributed by atoms with van der Waals surface area (Å²) in [7, 11) is 0. The third-order valence-electron chi connectivity index (χ3n) is 14.0. The first kappa shape index (κ1) is 38.2. The van der Waals surface area contributed by atoms with Crippen LogP contribution in [0.3, 0.4) is 0 Å². The summed E-state index contributed by atoms with van der Waals surface area (Å²) in [5, 5.41) is 14.2. The van der Waals surface area contributed by atoms with E-state index in [1.165, 1.54) is 58.6 Å². The molecule has 0 aliphatic heterocycles. The molecule has 0 unspecified atom stereocenters. The van der Waals surface area contributed by atoms with Crippen molar-refractivity contribution in [2.75, 3.05) is 0 Å². The Morgan fingerprint density at radius 3 is 1.59 bits per heavy atom. The zero-order valence-electron chi connectivity index (χ0n) is 36.9. The van der Waals surface area contributed by atoms with Crippen molar-refractivity contribution in [3.63, 3.8) is 0 Å². The van der Waals surface area contributed by atoms with E-state index in [9.17, 15) is 0 Å². The Bertz CT molecular complexity index is 4530. The third kappa shape index (κ3) is 5.92. The van der Waals surface area contributed by atoms with Gasteiger partial charge in [0.2, 0.25) is 0 Å². The van der Waals surface area contributed by atoms with Crippen LogP contribution in [-0.4, -0.2) is 19.5 Å². The molecule has 0 aliphatic carbocycles. The number of aromatic nitrogens is 4. The number of hydrogen-bond donors (Lipinski definition) is 0. The van der Waals surface area contributed by atoms with Crippen molar-refractivity contribution in [1.29, 1.82) is 0 Å². The lowest BCUT2D eigenvalue weighted by Crippen LogP contribution is -2.04. The standard InChI is InChI=1S/C63H36N4OS/c1-2-13-37(14-3-1)39-20-12-21-44(31-39)61-64-62(45-26-27-48-47-23-10-11-24-56(47)68-57(48)36-45)66-63(65-61)51-30-29-50-49-28-25-38-15-8-9-22-46(38)59(49)69-60(50)58(51)67-54-34-42-18-6-4-16-40(42)32-52(54)53-33-41-17-5-7-19-43(41)35-55(53)67/h1-36H. The lowest BCUT2D eigenvalue weighted by molar-refractivity contribution is 0.669. The Hall–Kier alpha value is -8.97. The third-order valence-corrected chi connectivity index (χ3v) is 15.2. The highest BCUT2D eigenvalue weighted by atomic mass is 32.1. The minimum Gasteiger partial charge on any atom is -0.456 e. The number of fused-ring (bicyclic) bond motifs is 13. The number of hydrogen-bond acceptors (Lipinski definition) is 5. The van der Waals surface area contributed by atoms with Gasteiger partial charge < -0.3 is 8.98 Å². The van der Waals surface area contributed by atoms with Crippen molar-refractivity contribution in [2.24, 2.45) is 0 Å². The Morgan fingerprint density at radius 1 is 0.319 bits per heavy atom. The van der Waals surface area contributed by atoms with Crippen molar-refractivity contribution in [1.82, 2.24) is 19.5 Å². The molecule has 0 atom stereocenters. The lowest BCUT2D eigenvalue weighted by atomic mass is 10.0. The molecule has 0 saturated carbocycles. The molecule has 0 saturated heterocycles. The normalized spacial score (nSPS) is 12.1. The highest BCUT2D eigenvalue weighted by molar-refractivity contribution is 7.27. The maximum Gasteiger partial charge on any atom is 0.166 e. The topological polar surface area (TPSA) is 56.7 Å². The van der Waals surface area contributed by atoms with Gasteiger partial charge in [-0.3, -0.25) is 0 Å². The second-order valence-electron chi connectivity index (χ2n) is 17.9. The summed E-state index contributed by atoms with van der Waals surface area (Å²) in [5.41, 5.74) is 9.78. The zero-order valence-corrected chi connectivity index (χ0v) is 37.7. The van der Waals surface area contributed by atoms with Crippen molar-refractivity contribution < 1.29 is 4.42 Å². The second-order valence-corrected chi connectivity index (χ2v) is 19.0. The summed E-state index contributed by atoms with van der Waals surface area (Å²) in [6.07, 6.45) is 0. The van der Waals surface area contributed by atoms with Crippen LogP contribution < -0.4 is 0 Å². The fourth-order valence-corrected chi connectivity index (χ4v) is 12.0. The molecule has 0 fully saturated rings. The lowest BCUT2D eigenvalue weighted by Gasteiger charge is -2.16. The molecular weight excluding hydrogens is 861 g/mol. The summed E-state index contributed by atoms with van der Waals surface area (Å²) < 4.78 is 11.4. The van der Waals surface area contributed by atoms with Crippen LogP contribution in [0.5, 0.6) is 0 Å². The zero-order chi connectivity index (χ0) is 45.2. The van der Waals surface area contributed by atoms with Crippen molar-refractivity contribution >= 4 is 108 Å². The summed E-state index contributed by atoms with van der Waals surface area (Å²) in [4.78, 5) is 16.3. The predicted octanol–water partition coefficient (Wildman–Crippen LogP) is 17.4. The SMILES string of the molecule is c1ccc(-c2cccc(-c3nc(-c4ccc5c(c4)oc4ccccc45)nc(-c4ccc5c(sc6c7ccccc7ccc56)c4-n4c5cc6ccccc6cc5c5cc6ccccc6cc54)n3)c2)cc1. The molecular formula is C63H36N4OS. The quantitative estimate of drug-likeness (QED) is 0.173. The van der Waals surface area contributed by atoms with Gasteiger partial charge in [-0.15, -0.1) is 11.3 Å².